The van der Waals surface area contributed by atoms with Gasteiger partial charge in [0, 0.05) is 28.8 Å². The van der Waals surface area contributed by atoms with Gasteiger partial charge in [-0.1, -0.05) is 15.9 Å². The van der Waals surface area contributed by atoms with E-state index >= 15 is 0 Å². The fraction of sp³-hybridized carbons (Fsp3) is 0.222. The predicted octanol–water partition coefficient (Wildman–Crippen LogP) is 3.38. The summed E-state index contributed by atoms with van der Waals surface area (Å²) >= 11 is 3.35. The Kier molecular flexibility index (Phi) is 5.23. The number of urea groups is 1. The van der Waals surface area contributed by atoms with E-state index in [2.05, 4.69) is 26.6 Å². The van der Waals surface area contributed by atoms with Gasteiger partial charge in [0.2, 0.25) is 5.91 Å². The molecule has 0 bridgehead atoms. The zero-order valence-electron chi connectivity index (χ0n) is 13.7. The molecule has 1 atom stereocenters. The number of carbonyl (C=O) groups is 2. The fourth-order valence-corrected chi connectivity index (χ4v) is 2.97. The van der Waals surface area contributed by atoms with E-state index in [1.165, 1.54) is 0 Å². The van der Waals surface area contributed by atoms with Gasteiger partial charge in [0.1, 0.15) is 5.75 Å². The Morgan fingerprint density at radius 1 is 1.16 bits per heavy atom. The second-order valence-corrected chi connectivity index (χ2v) is 6.62. The molecule has 6 nitrogen and oxygen atoms in total. The van der Waals surface area contributed by atoms with Gasteiger partial charge >= 0.3 is 6.03 Å². The van der Waals surface area contributed by atoms with Crippen LogP contribution >= 0.6 is 15.9 Å². The molecule has 1 heterocycles. The van der Waals surface area contributed by atoms with Gasteiger partial charge in [-0.05, 0) is 48.5 Å². The van der Waals surface area contributed by atoms with Crippen molar-refractivity contribution in [3.05, 3.63) is 53.0 Å². The lowest BCUT2D eigenvalue weighted by molar-refractivity contribution is -0.117. The molecule has 3 rings (SSSR count). The third kappa shape index (κ3) is 4.30. The third-order valence-electron chi connectivity index (χ3n) is 3.95. The van der Waals surface area contributed by atoms with E-state index in [1.54, 1.807) is 24.1 Å². The maximum Gasteiger partial charge on any atom is 0.319 e. The number of hydrogen-bond acceptors (Lipinski definition) is 3. The molecule has 1 saturated heterocycles. The largest absolute Gasteiger partial charge is 0.497 e. The van der Waals surface area contributed by atoms with Crippen molar-refractivity contribution in [3.8, 4) is 5.75 Å². The highest BCUT2D eigenvalue weighted by Gasteiger charge is 2.31. The molecule has 0 saturated carbocycles. The lowest BCUT2D eigenvalue weighted by Gasteiger charge is -2.17. The molecule has 25 heavy (non-hydrogen) atoms. The Labute approximate surface area is 154 Å². The molecule has 1 fully saturated rings. The van der Waals surface area contributed by atoms with Crippen LogP contribution in [0.2, 0.25) is 0 Å². The lowest BCUT2D eigenvalue weighted by Crippen LogP contribution is -2.39. The first-order chi connectivity index (χ1) is 12.0. The van der Waals surface area contributed by atoms with Crippen LogP contribution in [0.25, 0.3) is 0 Å². The molecule has 130 valence electrons. The summed E-state index contributed by atoms with van der Waals surface area (Å²) in [5.74, 6) is 0.720. The number of halogens is 1. The molecule has 1 aliphatic heterocycles. The minimum Gasteiger partial charge on any atom is -0.497 e. The summed E-state index contributed by atoms with van der Waals surface area (Å²) in [6.45, 7) is 0.443. The number of amides is 3. The maximum atomic E-state index is 12.2. The molecule has 0 spiro atoms. The summed E-state index contributed by atoms with van der Waals surface area (Å²) in [7, 11) is 1.60. The minimum absolute atomic E-state index is 0.0147. The van der Waals surface area contributed by atoms with Crippen LogP contribution in [0.5, 0.6) is 5.75 Å². The second kappa shape index (κ2) is 7.57. The molecular weight excluding hydrogens is 386 g/mol. The summed E-state index contributed by atoms with van der Waals surface area (Å²) in [6.07, 6.45) is 0.278. The quantitative estimate of drug-likeness (QED) is 0.821. The van der Waals surface area contributed by atoms with Gasteiger partial charge in [0.05, 0.1) is 13.2 Å². The number of nitrogens with zero attached hydrogens (tertiary/aromatic N) is 1. The number of anilines is 2. The van der Waals surface area contributed by atoms with Crippen LogP contribution in [0.15, 0.2) is 53.0 Å². The molecule has 0 radical (unpaired) electrons. The molecule has 2 N–H and O–H groups in total. The first kappa shape index (κ1) is 17.3. The number of methoxy groups -OCH3 is 1. The molecular formula is C18H18BrN3O3. The summed E-state index contributed by atoms with van der Waals surface area (Å²) in [4.78, 5) is 26.0. The van der Waals surface area contributed by atoms with E-state index in [4.69, 9.17) is 4.74 Å². The van der Waals surface area contributed by atoms with E-state index in [0.717, 1.165) is 15.9 Å². The van der Waals surface area contributed by atoms with Crippen LogP contribution in [0.4, 0.5) is 16.2 Å². The van der Waals surface area contributed by atoms with Crippen molar-refractivity contribution in [1.29, 1.82) is 0 Å². The standard InChI is InChI=1S/C18H18BrN3O3/c1-25-16-8-6-15(7-9-16)22-11-14(10-17(22)23)21-18(24)20-13-4-2-12(19)3-5-13/h2-9,14H,10-11H2,1H3,(H2,20,21,24)/t14-/m1/s1. The van der Waals surface area contributed by atoms with Crippen molar-refractivity contribution in [2.75, 3.05) is 23.9 Å². The SMILES string of the molecule is COc1ccc(N2C[C@H](NC(=O)Nc3ccc(Br)cc3)CC2=O)cc1. The van der Waals surface area contributed by atoms with Crippen LogP contribution < -0.4 is 20.3 Å². The zero-order valence-corrected chi connectivity index (χ0v) is 15.2. The Bertz CT molecular complexity index is 762. The maximum absolute atomic E-state index is 12.2. The molecule has 7 heteroatoms. The van der Waals surface area contributed by atoms with Crippen molar-refractivity contribution >= 4 is 39.2 Å². The molecule has 3 amide bonds. The smallest absolute Gasteiger partial charge is 0.319 e. The highest BCUT2D eigenvalue weighted by molar-refractivity contribution is 9.10. The van der Waals surface area contributed by atoms with Crippen LogP contribution in [-0.2, 0) is 4.79 Å². The van der Waals surface area contributed by atoms with Gasteiger partial charge in [-0.3, -0.25) is 4.79 Å². The Balaban J connectivity index is 1.58. The van der Waals surface area contributed by atoms with E-state index in [0.29, 0.717) is 12.2 Å². The van der Waals surface area contributed by atoms with Crippen molar-refractivity contribution < 1.29 is 14.3 Å². The number of ether oxygens (including phenoxy) is 1. The molecule has 2 aromatic carbocycles. The van der Waals surface area contributed by atoms with Crippen LogP contribution in [-0.4, -0.2) is 31.6 Å². The van der Waals surface area contributed by atoms with Crippen molar-refractivity contribution in [2.24, 2.45) is 0 Å². The van der Waals surface area contributed by atoms with E-state index in [1.807, 2.05) is 36.4 Å². The van der Waals surface area contributed by atoms with Gasteiger partial charge in [-0.15, -0.1) is 0 Å². The topological polar surface area (TPSA) is 70.7 Å². The second-order valence-electron chi connectivity index (χ2n) is 5.71. The van der Waals surface area contributed by atoms with Gasteiger partial charge < -0.3 is 20.3 Å². The van der Waals surface area contributed by atoms with Gasteiger partial charge in [0.25, 0.3) is 0 Å². The van der Waals surface area contributed by atoms with Gasteiger partial charge in [-0.2, -0.15) is 0 Å². The van der Waals surface area contributed by atoms with Crippen LogP contribution in [0, 0.1) is 0 Å². The number of carbonyl (C=O) groups excluding carboxylic acids is 2. The average Bonchev–Trinajstić information content (AvgIpc) is 2.97. The van der Waals surface area contributed by atoms with Gasteiger partial charge in [-0.25, -0.2) is 4.79 Å². The Morgan fingerprint density at radius 2 is 1.84 bits per heavy atom. The Morgan fingerprint density at radius 3 is 2.48 bits per heavy atom. The molecule has 0 aromatic heterocycles. The number of rotatable bonds is 4. The summed E-state index contributed by atoms with van der Waals surface area (Å²) in [6, 6.07) is 14.0. The highest BCUT2D eigenvalue weighted by Crippen LogP contribution is 2.24. The first-order valence-electron chi connectivity index (χ1n) is 7.82. The van der Waals surface area contributed by atoms with Gasteiger partial charge in [0.15, 0.2) is 0 Å². The normalized spacial score (nSPS) is 16.6. The van der Waals surface area contributed by atoms with Crippen LogP contribution in [0.1, 0.15) is 6.42 Å². The summed E-state index contributed by atoms with van der Waals surface area (Å²) in [5.41, 5.74) is 1.49. The van der Waals surface area contributed by atoms with Crippen LogP contribution in [0.3, 0.4) is 0 Å². The summed E-state index contributed by atoms with van der Waals surface area (Å²) < 4.78 is 6.06. The molecule has 0 aliphatic carbocycles. The fourth-order valence-electron chi connectivity index (χ4n) is 2.70. The van der Waals surface area contributed by atoms with E-state index < -0.39 is 0 Å². The molecule has 0 unspecified atom stereocenters. The average molecular weight is 404 g/mol. The summed E-state index contributed by atoms with van der Waals surface area (Å²) in [5, 5.41) is 5.61. The number of nitrogens with one attached hydrogen (secondary N) is 2. The van der Waals surface area contributed by atoms with Crippen molar-refractivity contribution in [1.82, 2.24) is 5.32 Å². The monoisotopic (exact) mass is 403 g/mol. The zero-order chi connectivity index (χ0) is 17.8. The minimum atomic E-state index is -0.322. The lowest BCUT2D eigenvalue weighted by atomic mass is 10.2. The third-order valence-corrected chi connectivity index (χ3v) is 4.48. The number of benzene rings is 2. The first-order valence-corrected chi connectivity index (χ1v) is 8.62. The van der Waals surface area contributed by atoms with Crippen molar-refractivity contribution in [3.63, 3.8) is 0 Å². The van der Waals surface area contributed by atoms with E-state index in [9.17, 15) is 9.59 Å². The predicted molar refractivity (Wildman–Crippen MR) is 100 cm³/mol. The van der Waals surface area contributed by atoms with Crippen molar-refractivity contribution in [2.45, 2.75) is 12.5 Å². The van der Waals surface area contributed by atoms with E-state index in [-0.39, 0.29) is 24.4 Å². The molecule has 2 aromatic rings. The Hall–Kier alpha value is -2.54. The number of hydrogen-bond donors (Lipinski definition) is 2. The highest BCUT2D eigenvalue weighted by atomic mass is 79.9. The molecule has 1 aliphatic rings.